The summed E-state index contributed by atoms with van der Waals surface area (Å²) in [6.07, 6.45) is 3.99. The van der Waals surface area contributed by atoms with E-state index in [1.165, 1.54) is 12.8 Å². The molecule has 114 valence electrons. The molecule has 0 radical (unpaired) electrons. The summed E-state index contributed by atoms with van der Waals surface area (Å²) in [6.45, 7) is 5.67. The summed E-state index contributed by atoms with van der Waals surface area (Å²) in [5.41, 5.74) is 0. The fourth-order valence-corrected chi connectivity index (χ4v) is 2.82. The van der Waals surface area contributed by atoms with Gasteiger partial charge in [0.1, 0.15) is 0 Å². The molecule has 1 heterocycles. The molecule has 1 atom stereocenters. The number of likely N-dealkylation sites (N-methyl/N-ethyl adjacent to an activating group) is 1. The third kappa shape index (κ3) is 4.10. The van der Waals surface area contributed by atoms with E-state index in [0.29, 0.717) is 32.1 Å². The van der Waals surface area contributed by atoms with Gasteiger partial charge in [-0.05, 0) is 32.2 Å². The van der Waals surface area contributed by atoms with Crippen molar-refractivity contribution < 1.29 is 14.7 Å². The molecular formula is C14H25N3O3. The molecule has 0 aromatic rings. The van der Waals surface area contributed by atoms with Gasteiger partial charge in [-0.15, -0.1) is 0 Å². The van der Waals surface area contributed by atoms with Crippen molar-refractivity contribution in [2.24, 2.45) is 5.92 Å². The Bertz CT molecular complexity index is 358. The second kappa shape index (κ2) is 6.92. The van der Waals surface area contributed by atoms with E-state index in [2.05, 4.69) is 17.1 Å². The Labute approximate surface area is 120 Å². The minimum Gasteiger partial charge on any atom is -0.481 e. The number of nitrogens with zero attached hydrogens (tertiary/aromatic N) is 2. The molecule has 1 aliphatic heterocycles. The Morgan fingerprint density at radius 1 is 1.35 bits per heavy atom. The molecule has 0 aromatic heterocycles. The lowest BCUT2D eigenvalue weighted by Gasteiger charge is -2.31. The Hall–Kier alpha value is -1.30. The SMILES string of the molecule is CCN(CCNC(=O)N1CCC[C@@H](C(=O)O)C1)C1CC1. The van der Waals surface area contributed by atoms with Gasteiger partial charge in [0.25, 0.3) is 0 Å². The van der Waals surface area contributed by atoms with Crippen LogP contribution < -0.4 is 5.32 Å². The average Bonchev–Trinajstić information content (AvgIpc) is 3.28. The van der Waals surface area contributed by atoms with Crippen molar-refractivity contribution >= 4 is 12.0 Å². The van der Waals surface area contributed by atoms with Crippen LogP contribution in [0.4, 0.5) is 4.79 Å². The van der Waals surface area contributed by atoms with E-state index in [1.54, 1.807) is 4.90 Å². The number of nitrogens with one attached hydrogen (secondary N) is 1. The second-order valence-electron chi connectivity index (χ2n) is 5.72. The normalized spacial score (nSPS) is 22.9. The van der Waals surface area contributed by atoms with Crippen molar-refractivity contribution in [3.05, 3.63) is 0 Å². The molecule has 2 rings (SSSR count). The molecule has 1 aliphatic carbocycles. The summed E-state index contributed by atoms with van der Waals surface area (Å²) in [4.78, 5) is 27.0. The van der Waals surface area contributed by atoms with Gasteiger partial charge in [-0.2, -0.15) is 0 Å². The highest BCUT2D eigenvalue weighted by atomic mass is 16.4. The van der Waals surface area contributed by atoms with Crippen LogP contribution in [-0.4, -0.2) is 65.7 Å². The van der Waals surface area contributed by atoms with Crippen LogP contribution >= 0.6 is 0 Å². The third-order valence-corrected chi connectivity index (χ3v) is 4.20. The van der Waals surface area contributed by atoms with Crippen LogP contribution in [0.15, 0.2) is 0 Å². The molecule has 6 nitrogen and oxygen atoms in total. The molecule has 2 aliphatic rings. The number of likely N-dealkylation sites (tertiary alicyclic amines) is 1. The highest BCUT2D eigenvalue weighted by molar-refractivity contribution is 5.76. The number of hydrogen-bond acceptors (Lipinski definition) is 3. The topological polar surface area (TPSA) is 72.9 Å². The fourth-order valence-electron chi connectivity index (χ4n) is 2.82. The molecule has 1 saturated heterocycles. The van der Waals surface area contributed by atoms with Gasteiger partial charge in [0.2, 0.25) is 0 Å². The zero-order valence-electron chi connectivity index (χ0n) is 12.2. The van der Waals surface area contributed by atoms with Crippen LogP contribution in [0.25, 0.3) is 0 Å². The van der Waals surface area contributed by atoms with Gasteiger partial charge in [-0.25, -0.2) is 4.79 Å². The Morgan fingerprint density at radius 2 is 2.10 bits per heavy atom. The number of carbonyl (C=O) groups is 2. The minimum absolute atomic E-state index is 0.122. The predicted octanol–water partition coefficient (Wildman–Crippen LogP) is 0.977. The van der Waals surface area contributed by atoms with Crippen LogP contribution in [0.2, 0.25) is 0 Å². The first-order chi connectivity index (χ1) is 9.61. The van der Waals surface area contributed by atoms with E-state index in [-0.39, 0.29) is 6.03 Å². The summed E-state index contributed by atoms with van der Waals surface area (Å²) in [5.74, 6) is -1.21. The second-order valence-corrected chi connectivity index (χ2v) is 5.72. The van der Waals surface area contributed by atoms with Crippen molar-refractivity contribution in [1.82, 2.24) is 15.1 Å². The first-order valence-electron chi connectivity index (χ1n) is 7.61. The van der Waals surface area contributed by atoms with Crippen LogP contribution in [0.5, 0.6) is 0 Å². The van der Waals surface area contributed by atoms with E-state index < -0.39 is 11.9 Å². The summed E-state index contributed by atoms with van der Waals surface area (Å²) in [7, 11) is 0. The van der Waals surface area contributed by atoms with E-state index in [0.717, 1.165) is 19.5 Å². The van der Waals surface area contributed by atoms with Crippen molar-refractivity contribution in [2.75, 3.05) is 32.7 Å². The molecular weight excluding hydrogens is 258 g/mol. The van der Waals surface area contributed by atoms with Gasteiger partial charge < -0.3 is 15.3 Å². The Kier molecular flexibility index (Phi) is 5.23. The lowest BCUT2D eigenvalue weighted by atomic mass is 9.99. The molecule has 2 N–H and O–H groups in total. The minimum atomic E-state index is -0.798. The van der Waals surface area contributed by atoms with Gasteiger partial charge >= 0.3 is 12.0 Å². The zero-order chi connectivity index (χ0) is 14.5. The maximum absolute atomic E-state index is 12.0. The lowest BCUT2D eigenvalue weighted by Crippen LogP contribution is -2.48. The first kappa shape index (κ1) is 15.1. The number of amides is 2. The standard InChI is InChI=1S/C14H25N3O3/c1-2-16(12-5-6-12)9-7-15-14(20)17-8-3-4-11(10-17)13(18)19/h11-12H,2-10H2,1H3,(H,15,20)(H,18,19)/t11-/m1/s1. The lowest BCUT2D eigenvalue weighted by molar-refractivity contribution is -0.143. The van der Waals surface area contributed by atoms with E-state index in [1.807, 2.05) is 0 Å². The number of carboxylic acid groups (broad SMARTS) is 1. The summed E-state index contributed by atoms with van der Waals surface area (Å²) in [6, 6.07) is 0.589. The zero-order valence-corrected chi connectivity index (χ0v) is 12.2. The average molecular weight is 283 g/mol. The van der Waals surface area contributed by atoms with E-state index in [4.69, 9.17) is 5.11 Å². The van der Waals surface area contributed by atoms with Gasteiger partial charge in [-0.3, -0.25) is 9.69 Å². The maximum atomic E-state index is 12.0. The highest BCUT2D eigenvalue weighted by Gasteiger charge is 2.29. The Morgan fingerprint density at radius 3 is 2.70 bits per heavy atom. The summed E-state index contributed by atoms with van der Waals surface area (Å²) < 4.78 is 0. The number of carbonyl (C=O) groups excluding carboxylic acids is 1. The van der Waals surface area contributed by atoms with E-state index >= 15 is 0 Å². The van der Waals surface area contributed by atoms with Crippen LogP contribution in [0.1, 0.15) is 32.6 Å². The smallest absolute Gasteiger partial charge is 0.317 e. The molecule has 0 unspecified atom stereocenters. The number of urea groups is 1. The van der Waals surface area contributed by atoms with Crippen molar-refractivity contribution in [3.8, 4) is 0 Å². The monoisotopic (exact) mass is 283 g/mol. The summed E-state index contributed by atoms with van der Waals surface area (Å²) >= 11 is 0. The van der Waals surface area contributed by atoms with Crippen molar-refractivity contribution in [3.63, 3.8) is 0 Å². The largest absolute Gasteiger partial charge is 0.481 e. The molecule has 6 heteroatoms. The van der Waals surface area contributed by atoms with Crippen molar-refractivity contribution in [1.29, 1.82) is 0 Å². The molecule has 1 saturated carbocycles. The Balaban J connectivity index is 1.69. The number of piperidine rings is 1. The molecule has 2 amide bonds. The molecule has 2 fully saturated rings. The molecule has 20 heavy (non-hydrogen) atoms. The van der Waals surface area contributed by atoms with Gasteiger partial charge in [0, 0.05) is 32.2 Å². The van der Waals surface area contributed by atoms with Crippen LogP contribution in [0, 0.1) is 5.92 Å². The van der Waals surface area contributed by atoms with Gasteiger partial charge in [-0.1, -0.05) is 6.92 Å². The quantitative estimate of drug-likeness (QED) is 0.762. The fraction of sp³-hybridized carbons (Fsp3) is 0.857. The molecule has 0 aromatic carbocycles. The molecule has 0 spiro atoms. The molecule has 0 bridgehead atoms. The number of rotatable bonds is 6. The number of carboxylic acids is 1. The van der Waals surface area contributed by atoms with Crippen molar-refractivity contribution in [2.45, 2.75) is 38.6 Å². The van der Waals surface area contributed by atoms with Gasteiger partial charge in [0.05, 0.1) is 5.92 Å². The third-order valence-electron chi connectivity index (χ3n) is 4.20. The van der Waals surface area contributed by atoms with Crippen LogP contribution in [-0.2, 0) is 4.79 Å². The maximum Gasteiger partial charge on any atom is 0.317 e. The number of hydrogen-bond donors (Lipinski definition) is 2. The number of aliphatic carboxylic acids is 1. The highest BCUT2D eigenvalue weighted by Crippen LogP contribution is 2.25. The predicted molar refractivity (Wildman–Crippen MR) is 75.6 cm³/mol. The summed E-state index contributed by atoms with van der Waals surface area (Å²) in [5, 5.41) is 11.9. The van der Waals surface area contributed by atoms with Crippen LogP contribution in [0.3, 0.4) is 0 Å². The van der Waals surface area contributed by atoms with Gasteiger partial charge in [0.15, 0.2) is 0 Å². The first-order valence-corrected chi connectivity index (χ1v) is 7.61. The van der Waals surface area contributed by atoms with E-state index in [9.17, 15) is 9.59 Å².